The van der Waals surface area contributed by atoms with Crippen LogP contribution in [0.25, 0.3) is 0 Å². The number of hydrogen-bond acceptors (Lipinski definition) is 2. The van der Waals surface area contributed by atoms with Crippen molar-refractivity contribution in [2.24, 2.45) is 5.73 Å². The zero-order valence-corrected chi connectivity index (χ0v) is 8.01. The van der Waals surface area contributed by atoms with E-state index in [4.69, 9.17) is 22.1 Å². The summed E-state index contributed by atoms with van der Waals surface area (Å²) in [5, 5.41) is 0.464. The zero-order valence-electron chi connectivity index (χ0n) is 7.26. The van der Waals surface area contributed by atoms with E-state index in [2.05, 4.69) is 0 Å². The first-order chi connectivity index (χ1) is 6.15. The van der Waals surface area contributed by atoms with E-state index >= 15 is 0 Å². The molecule has 0 saturated carbocycles. The number of ether oxygens (including phenoxy) is 1. The maximum absolute atomic E-state index is 12.8. The van der Waals surface area contributed by atoms with Crippen molar-refractivity contribution in [3.63, 3.8) is 0 Å². The van der Waals surface area contributed by atoms with Gasteiger partial charge in [-0.3, -0.25) is 0 Å². The summed E-state index contributed by atoms with van der Waals surface area (Å²) >= 11 is 5.82. The van der Waals surface area contributed by atoms with E-state index < -0.39 is 0 Å². The van der Waals surface area contributed by atoms with E-state index in [1.807, 2.05) is 0 Å². The van der Waals surface area contributed by atoms with Crippen molar-refractivity contribution >= 4 is 11.6 Å². The molecule has 2 N–H and O–H groups in total. The molecule has 0 amide bonds. The molecule has 0 aliphatic rings. The van der Waals surface area contributed by atoms with Crippen molar-refractivity contribution in [3.05, 3.63) is 34.6 Å². The quantitative estimate of drug-likeness (QED) is 0.817. The Balaban J connectivity index is 2.91. The number of methoxy groups -OCH3 is 1. The van der Waals surface area contributed by atoms with Gasteiger partial charge in [0.05, 0.1) is 12.6 Å². The van der Waals surface area contributed by atoms with Crippen LogP contribution in [-0.2, 0) is 4.74 Å². The maximum atomic E-state index is 12.8. The van der Waals surface area contributed by atoms with Gasteiger partial charge in [-0.25, -0.2) is 4.39 Å². The van der Waals surface area contributed by atoms with E-state index in [0.29, 0.717) is 17.2 Å². The van der Waals surface area contributed by atoms with Crippen LogP contribution in [0, 0.1) is 5.82 Å². The van der Waals surface area contributed by atoms with E-state index in [1.165, 1.54) is 25.3 Å². The van der Waals surface area contributed by atoms with Crippen molar-refractivity contribution in [1.29, 1.82) is 0 Å². The summed E-state index contributed by atoms with van der Waals surface area (Å²) in [6.45, 7) is 0.323. The second-order valence-electron chi connectivity index (χ2n) is 2.73. The molecular formula is C9H11ClFNO. The van der Waals surface area contributed by atoms with Crippen LogP contribution in [0.2, 0.25) is 5.02 Å². The molecule has 0 fully saturated rings. The fourth-order valence-electron chi connectivity index (χ4n) is 1.07. The summed E-state index contributed by atoms with van der Waals surface area (Å²) in [4.78, 5) is 0. The van der Waals surface area contributed by atoms with Crippen molar-refractivity contribution in [3.8, 4) is 0 Å². The average Bonchev–Trinajstić information content (AvgIpc) is 2.09. The fraction of sp³-hybridized carbons (Fsp3) is 0.333. The summed E-state index contributed by atoms with van der Waals surface area (Å²) in [7, 11) is 1.53. The molecule has 4 heteroatoms. The van der Waals surface area contributed by atoms with E-state index in [9.17, 15) is 4.39 Å². The fourth-order valence-corrected chi connectivity index (χ4v) is 1.33. The number of nitrogens with two attached hydrogens (primary N) is 1. The summed E-state index contributed by atoms with van der Waals surface area (Å²) in [5.41, 5.74) is 6.27. The Bertz CT molecular complexity index is 293. The third-order valence-electron chi connectivity index (χ3n) is 1.70. The van der Waals surface area contributed by atoms with Gasteiger partial charge in [-0.05, 0) is 23.8 Å². The first-order valence-corrected chi connectivity index (χ1v) is 4.22. The average molecular weight is 204 g/mol. The molecule has 1 rings (SSSR count). The molecule has 0 radical (unpaired) electrons. The van der Waals surface area contributed by atoms with Crippen LogP contribution in [0.5, 0.6) is 0 Å². The standard InChI is InChI=1S/C9H11ClFNO/c1-13-5-9(12)7-4-6(11)2-3-8(7)10/h2-4,9H,5,12H2,1H3/t9-/m0/s1. The van der Waals surface area contributed by atoms with Gasteiger partial charge in [-0.1, -0.05) is 11.6 Å². The minimum Gasteiger partial charge on any atom is -0.383 e. The van der Waals surface area contributed by atoms with Crippen molar-refractivity contribution in [1.82, 2.24) is 0 Å². The molecule has 0 unspecified atom stereocenters. The minimum absolute atomic E-state index is 0.323. The largest absolute Gasteiger partial charge is 0.383 e. The van der Waals surface area contributed by atoms with Crippen LogP contribution >= 0.6 is 11.6 Å². The Morgan fingerprint density at radius 1 is 1.62 bits per heavy atom. The van der Waals surface area contributed by atoms with Crippen LogP contribution in [-0.4, -0.2) is 13.7 Å². The van der Waals surface area contributed by atoms with Crippen LogP contribution in [0.15, 0.2) is 18.2 Å². The number of benzene rings is 1. The highest BCUT2D eigenvalue weighted by molar-refractivity contribution is 6.31. The lowest BCUT2D eigenvalue weighted by molar-refractivity contribution is 0.181. The van der Waals surface area contributed by atoms with Crippen LogP contribution in [0.4, 0.5) is 4.39 Å². The Hall–Kier alpha value is -0.640. The van der Waals surface area contributed by atoms with Gasteiger partial charge in [0.2, 0.25) is 0 Å². The molecule has 1 aromatic carbocycles. The minimum atomic E-state index is -0.381. The van der Waals surface area contributed by atoms with Crippen LogP contribution < -0.4 is 5.73 Å². The Morgan fingerprint density at radius 2 is 2.31 bits per heavy atom. The molecule has 0 aromatic heterocycles. The first-order valence-electron chi connectivity index (χ1n) is 3.84. The smallest absolute Gasteiger partial charge is 0.123 e. The van der Waals surface area contributed by atoms with Gasteiger partial charge in [-0.15, -0.1) is 0 Å². The Morgan fingerprint density at radius 3 is 2.92 bits per heavy atom. The SMILES string of the molecule is COC[C@H](N)c1cc(F)ccc1Cl. The predicted octanol–water partition coefficient (Wildman–Crippen LogP) is 2.13. The van der Waals surface area contributed by atoms with Gasteiger partial charge >= 0.3 is 0 Å². The lowest BCUT2D eigenvalue weighted by Crippen LogP contribution is -2.16. The second-order valence-corrected chi connectivity index (χ2v) is 3.13. The topological polar surface area (TPSA) is 35.2 Å². The highest BCUT2D eigenvalue weighted by Crippen LogP contribution is 2.22. The lowest BCUT2D eigenvalue weighted by atomic mass is 10.1. The second kappa shape index (κ2) is 4.56. The predicted molar refractivity (Wildman–Crippen MR) is 50.2 cm³/mol. The van der Waals surface area contributed by atoms with E-state index in [-0.39, 0.29) is 11.9 Å². The van der Waals surface area contributed by atoms with Gasteiger partial charge in [0.1, 0.15) is 5.82 Å². The molecule has 0 aliphatic heterocycles. The van der Waals surface area contributed by atoms with Gasteiger partial charge in [0.15, 0.2) is 0 Å². The normalized spacial score (nSPS) is 12.9. The molecule has 0 heterocycles. The molecule has 0 saturated heterocycles. The van der Waals surface area contributed by atoms with Crippen molar-refractivity contribution in [2.45, 2.75) is 6.04 Å². The Labute approximate surface area is 81.4 Å². The number of halogens is 2. The van der Waals surface area contributed by atoms with Crippen molar-refractivity contribution in [2.75, 3.05) is 13.7 Å². The van der Waals surface area contributed by atoms with Crippen LogP contribution in [0.1, 0.15) is 11.6 Å². The molecule has 0 aliphatic carbocycles. The monoisotopic (exact) mass is 203 g/mol. The molecule has 0 spiro atoms. The zero-order chi connectivity index (χ0) is 9.84. The highest BCUT2D eigenvalue weighted by Gasteiger charge is 2.10. The van der Waals surface area contributed by atoms with E-state index in [1.54, 1.807) is 0 Å². The lowest BCUT2D eigenvalue weighted by Gasteiger charge is -2.12. The molecule has 13 heavy (non-hydrogen) atoms. The highest BCUT2D eigenvalue weighted by atomic mass is 35.5. The summed E-state index contributed by atoms with van der Waals surface area (Å²) in [6.07, 6.45) is 0. The summed E-state index contributed by atoms with van der Waals surface area (Å²) in [5.74, 6) is -0.342. The molecule has 1 atom stereocenters. The molecular weight excluding hydrogens is 193 g/mol. The first kappa shape index (κ1) is 10.4. The van der Waals surface area contributed by atoms with Gasteiger partial charge in [-0.2, -0.15) is 0 Å². The molecule has 1 aromatic rings. The number of hydrogen-bond donors (Lipinski definition) is 1. The number of rotatable bonds is 3. The van der Waals surface area contributed by atoms with Gasteiger partial charge < -0.3 is 10.5 Å². The Kier molecular flexibility index (Phi) is 3.66. The van der Waals surface area contributed by atoms with Gasteiger partial charge in [0.25, 0.3) is 0 Å². The summed E-state index contributed by atoms with van der Waals surface area (Å²) < 4.78 is 17.6. The molecule has 72 valence electrons. The van der Waals surface area contributed by atoms with E-state index in [0.717, 1.165) is 0 Å². The summed E-state index contributed by atoms with van der Waals surface area (Å²) in [6, 6.07) is 3.73. The van der Waals surface area contributed by atoms with Crippen molar-refractivity contribution < 1.29 is 9.13 Å². The molecule has 0 bridgehead atoms. The van der Waals surface area contributed by atoms with Crippen LogP contribution in [0.3, 0.4) is 0 Å². The third-order valence-corrected chi connectivity index (χ3v) is 2.05. The molecule has 2 nitrogen and oxygen atoms in total. The maximum Gasteiger partial charge on any atom is 0.123 e. The third kappa shape index (κ3) is 2.66. The van der Waals surface area contributed by atoms with Gasteiger partial charge in [0, 0.05) is 12.1 Å².